The van der Waals surface area contributed by atoms with Gasteiger partial charge in [-0.2, -0.15) is 0 Å². The van der Waals surface area contributed by atoms with Crippen molar-refractivity contribution in [3.05, 3.63) is 0 Å². The first-order valence-electron chi connectivity index (χ1n) is 6.81. The van der Waals surface area contributed by atoms with Gasteiger partial charge < -0.3 is 21.1 Å². The van der Waals surface area contributed by atoms with Crippen LogP contribution in [-0.2, 0) is 9.59 Å². The van der Waals surface area contributed by atoms with Crippen molar-refractivity contribution >= 4 is 17.9 Å². The van der Waals surface area contributed by atoms with Crippen molar-refractivity contribution in [3.8, 4) is 0 Å². The number of aliphatic carboxylic acids is 1. The minimum Gasteiger partial charge on any atom is -0.481 e. The number of hydrogen-bond donors (Lipinski definition) is 4. The predicted octanol–water partition coefficient (Wildman–Crippen LogP) is 0.700. The SMILES string of the molecule is CC(C)NC(=O)C(C)NC(=O)NCCCC(C)C(=O)O. The van der Waals surface area contributed by atoms with Gasteiger partial charge in [0.15, 0.2) is 0 Å². The summed E-state index contributed by atoms with van der Waals surface area (Å²) in [6.45, 7) is 7.29. The molecule has 0 bridgehead atoms. The third-order valence-electron chi connectivity index (χ3n) is 2.69. The van der Waals surface area contributed by atoms with E-state index in [2.05, 4.69) is 16.0 Å². The molecular formula is C13H25N3O4. The number of amides is 3. The molecule has 0 heterocycles. The van der Waals surface area contributed by atoms with E-state index >= 15 is 0 Å². The van der Waals surface area contributed by atoms with Gasteiger partial charge in [0, 0.05) is 12.6 Å². The Hall–Kier alpha value is -1.79. The molecule has 0 rings (SSSR count). The number of carbonyl (C=O) groups excluding carboxylic acids is 2. The Morgan fingerprint density at radius 3 is 2.15 bits per heavy atom. The molecule has 0 saturated carbocycles. The molecule has 2 atom stereocenters. The quantitative estimate of drug-likeness (QED) is 0.493. The van der Waals surface area contributed by atoms with Crippen LogP contribution >= 0.6 is 0 Å². The third kappa shape index (κ3) is 8.34. The van der Waals surface area contributed by atoms with E-state index in [1.165, 1.54) is 0 Å². The molecule has 0 aromatic carbocycles. The van der Waals surface area contributed by atoms with E-state index in [4.69, 9.17) is 5.11 Å². The molecule has 0 aliphatic rings. The highest BCUT2D eigenvalue weighted by Crippen LogP contribution is 2.03. The Balaban J connectivity index is 3.83. The first kappa shape index (κ1) is 18.2. The van der Waals surface area contributed by atoms with Crippen molar-refractivity contribution in [2.45, 2.75) is 52.6 Å². The average Bonchev–Trinajstić information content (AvgIpc) is 2.33. The summed E-state index contributed by atoms with van der Waals surface area (Å²) in [4.78, 5) is 33.7. The molecule has 7 nitrogen and oxygen atoms in total. The zero-order valence-corrected chi connectivity index (χ0v) is 12.5. The van der Waals surface area contributed by atoms with Crippen LogP contribution in [0.3, 0.4) is 0 Å². The van der Waals surface area contributed by atoms with Crippen LogP contribution in [0.15, 0.2) is 0 Å². The minimum absolute atomic E-state index is 0.0207. The van der Waals surface area contributed by atoms with Crippen molar-refractivity contribution in [2.75, 3.05) is 6.54 Å². The number of carbonyl (C=O) groups is 3. The van der Waals surface area contributed by atoms with Gasteiger partial charge in [-0.25, -0.2) is 4.79 Å². The number of urea groups is 1. The fourth-order valence-corrected chi connectivity index (χ4v) is 1.46. The van der Waals surface area contributed by atoms with Gasteiger partial charge in [0.05, 0.1) is 5.92 Å². The maximum atomic E-state index is 11.6. The van der Waals surface area contributed by atoms with Crippen LogP contribution in [0, 0.1) is 5.92 Å². The molecule has 7 heteroatoms. The summed E-state index contributed by atoms with van der Waals surface area (Å²) in [6.07, 6.45) is 1.08. The van der Waals surface area contributed by atoms with Gasteiger partial charge in [-0.05, 0) is 33.6 Å². The first-order valence-corrected chi connectivity index (χ1v) is 6.81. The lowest BCUT2D eigenvalue weighted by molar-refractivity contribution is -0.141. The average molecular weight is 287 g/mol. The van der Waals surface area contributed by atoms with Crippen LogP contribution in [-0.4, -0.2) is 41.6 Å². The molecule has 0 spiro atoms. The molecule has 0 saturated heterocycles. The topological polar surface area (TPSA) is 108 Å². The molecular weight excluding hydrogens is 262 g/mol. The zero-order chi connectivity index (χ0) is 15.7. The van der Waals surface area contributed by atoms with Gasteiger partial charge in [-0.3, -0.25) is 9.59 Å². The minimum atomic E-state index is -0.839. The van der Waals surface area contributed by atoms with Gasteiger partial charge in [0.25, 0.3) is 0 Å². The van der Waals surface area contributed by atoms with E-state index in [-0.39, 0.29) is 11.9 Å². The highest BCUT2D eigenvalue weighted by molar-refractivity contribution is 5.86. The van der Waals surface area contributed by atoms with E-state index in [1.807, 2.05) is 13.8 Å². The predicted molar refractivity (Wildman–Crippen MR) is 75.3 cm³/mol. The molecule has 0 fully saturated rings. The van der Waals surface area contributed by atoms with Gasteiger partial charge in [-0.15, -0.1) is 0 Å². The summed E-state index contributed by atoms with van der Waals surface area (Å²) in [6, 6.07) is -1.03. The van der Waals surface area contributed by atoms with Crippen molar-refractivity contribution in [1.82, 2.24) is 16.0 Å². The second-order valence-electron chi connectivity index (χ2n) is 5.17. The Kier molecular flexibility index (Phi) is 8.35. The lowest BCUT2D eigenvalue weighted by Gasteiger charge is -2.16. The second-order valence-corrected chi connectivity index (χ2v) is 5.17. The molecule has 116 valence electrons. The zero-order valence-electron chi connectivity index (χ0n) is 12.5. The number of rotatable bonds is 8. The van der Waals surface area contributed by atoms with E-state index in [1.54, 1.807) is 13.8 Å². The summed E-state index contributed by atoms with van der Waals surface area (Å²) in [5, 5.41) is 16.5. The number of carboxylic acid groups (broad SMARTS) is 1. The molecule has 0 aromatic heterocycles. The van der Waals surface area contributed by atoms with Crippen LogP contribution in [0.5, 0.6) is 0 Å². The molecule has 0 aromatic rings. The Labute approximate surface area is 119 Å². The Morgan fingerprint density at radius 1 is 1.05 bits per heavy atom. The lowest BCUT2D eigenvalue weighted by atomic mass is 10.1. The maximum Gasteiger partial charge on any atom is 0.315 e. The largest absolute Gasteiger partial charge is 0.481 e. The van der Waals surface area contributed by atoms with Crippen LogP contribution in [0.1, 0.15) is 40.5 Å². The smallest absolute Gasteiger partial charge is 0.315 e. The molecule has 20 heavy (non-hydrogen) atoms. The van der Waals surface area contributed by atoms with Crippen LogP contribution in [0.4, 0.5) is 4.79 Å². The molecule has 0 aliphatic heterocycles. The first-order chi connectivity index (χ1) is 9.23. The fraction of sp³-hybridized carbons (Fsp3) is 0.769. The summed E-state index contributed by atoms with van der Waals surface area (Å²) < 4.78 is 0. The normalized spacial score (nSPS) is 13.4. The molecule has 2 unspecified atom stereocenters. The van der Waals surface area contributed by atoms with Crippen molar-refractivity contribution in [3.63, 3.8) is 0 Å². The van der Waals surface area contributed by atoms with Gasteiger partial charge in [0.1, 0.15) is 6.04 Å². The molecule has 0 radical (unpaired) electrons. The third-order valence-corrected chi connectivity index (χ3v) is 2.69. The molecule has 0 aliphatic carbocycles. The van der Waals surface area contributed by atoms with E-state index in [0.29, 0.717) is 19.4 Å². The summed E-state index contributed by atoms with van der Waals surface area (Å²) in [5.74, 6) is -1.50. The Morgan fingerprint density at radius 2 is 1.65 bits per heavy atom. The fourth-order valence-electron chi connectivity index (χ4n) is 1.46. The monoisotopic (exact) mass is 287 g/mol. The summed E-state index contributed by atoms with van der Waals surface area (Å²) >= 11 is 0. The highest BCUT2D eigenvalue weighted by atomic mass is 16.4. The van der Waals surface area contributed by atoms with Crippen molar-refractivity contribution in [2.24, 2.45) is 5.92 Å². The van der Waals surface area contributed by atoms with E-state index in [0.717, 1.165) is 0 Å². The van der Waals surface area contributed by atoms with E-state index < -0.39 is 24.0 Å². The van der Waals surface area contributed by atoms with Crippen molar-refractivity contribution < 1.29 is 19.5 Å². The van der Waals surface area contributed by atoms with E-state index in [9.17, 15) is 14.4 Å². The second kappa shape index (κ2) is 9.17. The van der Waals surface area contributed by atoms with Gasteiger partial charge in [-0.1, -0.05) is 6.92 Å². The Bertz CT molecular complexity index is 345. The number of hydrogen-bond acceptors (Lipinski definition) is 3. The molecule has 3 amide bonds. The van der Waals surface area contributed by atoms with Gasteiger partial charge >= 0.3 is 12.0 Å². The standard InChI is InChI=1S/C13H25N3O4/c1-8(2)15-11(17)10(4)16-13(20)14-7-5-6-9(3)12(18)19/h8-10H,5-7H2,1-4H3,(H,15,17)(H,18,19)(H2,14,16,20). The highest BCUT2D eigenvalue weighted by Gasteiger charge is 2.16. The van der Waals surface area contributed by atoms with Gasteiger partial charge in [0.2, 0.25) is 5.91 Å². The lowest BCUT2D eigenvalue weighted by Crippen LogP contribution is -2.49. The summed E-state index contributed by atoms with van der Waals surface area (Å²) in [7, 11) is 0. The number of carboxylic acids is 1. The maximum absolute atomic E-state index is 11.6. The summed E-state index contributed by atoms with van der Waals surface area (Å²) in [5.41, 5.74) is 0. The number of nitrogens with one attached hydrogen (secondary N) is 3. The van der Waals surface area contributed by atoms with Crippen LogP contribution in [0.2, 0.25) is 0 Å². The van der Waals surface area contributed by atoms with Crippen molar-refractivity contribution in [1.29, 1.82) is 0 Å². The van der Waals surface area contributed by atoms with Crippen LogP contribution in [0.25, 0.3) is 0 Å². The van der Waals surface area contributed by atoms with Crippen LogP contribution < -0.4 is 16.0 Å². The molecule has 4 N–H and O–H groups in total.